The van der Waals surface area contributed by atoms with Gasteiger partial charge in [0.25, 0.3) is 0 Å². The molecule has 0 radical (unpaired) electrons. The molecule has 86 valence electrons. The summed E-state index contributed by atoms with van der Waals surface area (Å²) in [5.74, 6) is -0.461. The number of aryl methyl sites for hydroxylation is 2. The van der Waals surface area contributed by atoms with E-state index in [0.29, 0.717) is 11.3 Å². The second kappa shape index (κ2) is 3.31. The van der Waals surface area contributed by atoms with E-state index < -0.39 is 21.0 Å². The van der Waals surface area contributed by atoms with Crippen LogP contribution in [0.15, 0.2) is 17.0 Å². The molecule has 0 saturated carbocycles. The molecular weight excluding hydrogens is 226 g/mol. The molecule has 16 heavy (non-hydrogen) atoms. The van der Waals surface area contributed by atoms with E-state index in [1.807, 2.05) is 6.92 Å². The molecule has 0 fully saturated rings. The zero-order chi connectivity index (χ0) is 12.1. The molecule has 0 aromatic heterocycles. The Morgan fingerprint density at radius 2 is 1.88 bits per heavy atom. The van der Waals surface area contributed by atoms with Crippen LogP contribution >= 0.6 is 0 Å². The molecule has 0 aliphatic carbocycles. The lowest BCUT2D eigenvalue weighted by atomic mass is 10.1. The van der Waals surface area contributed by atoms with E-state index in [1.54, 1.807) is 19.1 Å². The Morgan fingerprint density at radius 1 is 1.25 bits per heavy atom. The molecule has 1 aromatic rings. The molecule has 0 saturated heterocycles. The third-order valence-corrected chi connectivity index (χ3v) is 5.05. The van der Waals surface area contributed by atoms with Crippen LogP contribution in [0.25, 0.3) is 0 Å². The van der Waals surface area contributed by atoms with Gasteiger partial charge in [-0.3, -0.25) is 4.79 Å². The number of benzene rings is 1. The van der Waals surface area contributed by atoms with E-state index in [-0.39, 0.29) is 4.90 Å². The number of rotatable bonds is 0. The van der Waals surface area contributed by atoms with Crippen molar-refractivity contribution in [3.8, 4) is 0 Å². The monoisotopic (exact) mass is 239 g/mol. The Balaban J connectivity index is 2.81. The Morgan fingerprint density at radius 3 is 2.50 bits per heavy atom. The first kappa shape index (κ1) is 11.1. The fourth-order valence-electron chi connectivity index (χ4n) is 1.98. The van der Waals surface area contributed by atoms with Gasteiger partial charge in [-0.2, -0.15) is 0 Å². The molecule has 1 atom stereocenters. The van der Waals surface area contributed by atoms with Crippen LogP contribution in [0.2, 0.25) is 0 Å². The standard InChI is InChI=1S/C11H13NO3S/c1-6-4-7(2)10-9(5-6)12-11(13)8(3)16(10,14)15/h4-5,8H,1-3H3,(H,12,13). The molecule has 1 N–H and O–H groups in total. The first-order valence-corrected chi connectivity index (χ1v) is 6.54. The van der Waals surface area contributed by atoms with Crippen molar-refractivity contribution in [2.75, 3.05) is 5.32 Å². The number of amides is 1. The van der Waals surface area contributed by atoms with Crippen molar-refractivity contribution in [3.63, 3.8) is 0 Å². The lowest BCUT2D eigenvalue weighted by Gasteiger charge is -2.24. The maximum Gasteiger partial charge on any atom is 0.242 e. The van der Waals surface area contributed by atoms with Crippen LogP contribution in [-0.4, -0.2) is 19.6 Å². The van der Waals surface area contributed by atoms with Crippen molar-refractivity contribution >= 4 is 21.4 Å². The molecular formula is C11H13NO3S. The molecule has 4 nitrogen and oxygen atoms in total. The number of nitrogens with one attached hydrogen (secondary N) is 1. The summed E-state index contributed by atoms with van der Waals surface area (Å²) < 4.78 is 24.2. The maximum atomic E-state index is 12.1. The summed E-state index contributed by atoms with van der Waals surface area (Å²) in [6, 6.07) is 3.49. The van der Waals surface area contributed by atoms with Crippen LogP contribution < -0.4 is 5.32 Å². The lowest BCUT2D eigenvalue weighted by Crippen LogP contribution is -2.38. The first-order chi connectivity index (χ1) is 7.34. The lowest BCUT2D eigenvalue weighted by molar-refractivity contribution is -0.115. The normalized spacial score (nSPS) is 22.4. The van der Waals surface area contributed by atoms with Gasteiger partial charge in [0.15, 0.2) is 9.84 Å². The van der Waals surface area contributed by atoms with Gasteiger partial charge < -0.3 is 5.32 Å². The average Bonchev–Trinajstić information content (AvgIpc) is 2.12. The highest BCUT2D eigenvalue weighted by Crippen LogP contribution is 2.33. The van der Waals surface area contributed by atoms with E-state index in [4.69, 9.17) is 0 Å². The van der Waals surface area contributed by atoms with E-state index in [9.17, 15) is 13.2 Å². The van der Waals surface area contributed by atoms with Gasteiger partial charge in [0.05, 0.1) is 10.6 Å². The molecule has 1 amide bonds. The quantitative estimate of drug-likeness (QED) is 0.744. The van der Waals surface area contributed by atoms with Gasteiger partial charge in [0, 0.05) is 0 Å². The largest absolute Gasteiger partial charge is 0.324 e. The fraction of sp³-hybridized carbons (Fsp3) is 0.364. The summed E-state index contributed by atoms with van der Waals surface area (Å²) in [6.07, 6.45) is 0. The molecule has 2 rings (SSSR count). The smallest absolute Gasteiger partial charge is 0.242 e. The zero-order valence-electron chi connectivity index (χ0n) is 9.37. The highest BCUT2D eigenvalue weighted by molar-refractivity contribution is 7.93. The van der Waals surface area contributed by atoms with Gasteiger partial charge in [0.1, 0.15) is 5.25 Å². The van der Waals surface area contributed by atoms with Gasteiger partial charge >= 0.3 is 0 Å². The molecule has 5 heteroatoms. The number of hydrogen-bond acceptors (Lipinski definition) is 3. The third kappa shape index (κ3) is 1.43. The zero-order valence-corrected chi connectivity index (χ0v) is 10.2. The summed E-state index contributed by atoms with van der Waals surface area (Å²) >= 11 is 0. The minimum absolute atomic E-state index is 0.255. The van der Waals surface area contributed by atoms with Crippen molar-refractivity contribution in [1.82, 2.24) is 0 Å². The van der Waals surface area contributed by atoms with Crippen molar-refractivity contribution < 1.29 is 13.2 Å². The van der Waals surface area contributed by atoms with Crippen molar-refractivity contribution in [2.45, 2.75) is 30.9 Å². The van der Waals surface area contributed by atoms with Gasteiger partial charge in [-0.05, 0) is 38.0 Å². The Bertz CT molecular complexity index is 575. The molecule has 1 aliphatic heterocycles. The van der Waals surface area contributed by atoms with Crippen LogP contribution in [0.3, 0.4) is 0 Å². The van der Waals surface area contributed by atoms with Crippen molar-refractivity contribution in [3.05, 3.63) is 23.3 Å². The summed E-state index contributed by atoms with van der Waals surface area (Å²) in [5, 5.41) is 1.62. The number of carbonyl (C=O) groups excluding carboxylic acids is 1. The molecule has 1 unspecified atom stereocenters. The molecule has 0 bridgehead atoms. The van der Waals surface area contributed by atoms with Crippen LogP contribution in [0, 0.1) is 13.8 Å². The number of anilines is 1. The molecule has 1 heterocycles. The van der Waals surface area contributed by atoms with E-state index >= 15 is 0 Å². The van der Waals surface area contributed by atoms with Gasteiger partial charge in [0.2, 0.25) is 5.91 Å². The Labute approximate surface area is 94.6 Å². The SMILES string of the molecule is Cc1cc(C)c2c(c1)NC(=O)C(C)S2(=O)=O. The Kier molecular flexibility index (Phi) is 2.31. The third-order valence-electron chi connectivity index (χ3n) is 2.80. The second-order valence-corrected chi connectivity index (χ2v) is 6.34. The Hall–Kier alpha value is -1.36. The fourth-order valence-corrected chi connectivity index (χ4v) is 3.60. The predicted molar refractivity (Wildman–Crippen MR) is 61.2 cm³/mol. The molecule has 1 aromatic carbocycles. The van der Waals surface area contributed by atoms with E-state index in [2.05, 4.69) is 5.32 Å². The summed E-state index contributed by atoms with van der Waals surface area (Å²) in [7, 11) is -3.53. The van der Waals surface area contributed by atoms with E-state index in [1.165, 1.54) is 6.92 Å². The van der Waals surface area contributed by atoms with Crippen molar-refractivity contribution in [2.24, 2.45) is 0 Å². The second-order valence-electron chi connectivity index (χ2n) is 4.13. The number of sulfone groups is 1. The molecule has 0 spiro atoms. The number of hydrogen-bond donors (Lipinski definition) is 1. The van der Waals surface area contributed by atoms with Crippen LogP contribution in [0.1, 0.15) is 18.1 Å². The predicted octanol–water partition coefficient (Wildman–Crippen LogP) is 1.42. The topological polar surface area (TPSA) is 63.2 Å². The van der Waals surface area contributed by atoms with Crippen LogP contribution in [-0.2, 0) is 14.6 Å². The molecule has 1 aliphatic rings. The maximum absolute atomic E-state index is 12.1. The first-order valence-electron chi connectivity index (χ1n) is 5.00. The summed E-state index contributed by atoms with van der Waals surface area (Å²) in [4.78, 5) is 11.8. The number of carbonyl (C=O) groups is 1. The van der Waals surface area contributed by atoms with Crippen LogP contribution in [0.5, 0.6) is 0 Å². The van der Waals surface area contributed by atoms with E-state index in [0.717, 1.165) is 5.56 Å². The van der Waals surface area contributed by atoms with Gasteiger partial charge in [-0.15, -0.1) is 0 Å². The summed E-state index contributed by atoms with van der Waals surface area (Å²) in [6.45, 7) is 5.02. The average molecular weight is 239 g/mol. The van der Waals surface area contributed by atoms with Crippen LogP contribution in [0.4, 0.5) is 5.69 Å². The van der Waals surface area contributed by atoms with Gasteiger partial charge in [-0.25, -0.2) is 8.42 Å². The summed E-state index contributed by atoms with van der Waals surface area (Å²) in [5.41, 5.74) is 2.02. The minimum atomic E-state index is -3.53. The highest BCUT2D eigenvalue weighted by atomic mass is 32.2. The highest BCUT2D eigenvalue weighted by Gasteiger charge is 2.37. The minimum Gasteiger partial charge on any atom is -0.324 e. The van der Waals surface area contributed by atoms with Crippen molar-refractivity contribution in [1.29, 1.82) is 0 Å². The number of fused-ring (bicyclic) bond motifs is 1. The van der Waals surface area contributed by atoms with Gasteiger partial charge in [-0.1, -0.05) is 6.07 Å².